The van der Waals surface area contributed by atoms with Crippen molar-refractivity contribution in [2.24, 2.45) is 0 Å². The van der Waals surface area contributed by atoms with Gasteiger partial charge in [-0.1, -0.05) is 12.8 Å². The number of carboxylic acids is 1. The highest BCUT2D eigenvalue weighted by Crippen LogP contribution is 2.21. The Bertz CT molecular complexity index is 610. The molecule has 0 heterocycles. The monoisotopic (exact) mass is 318 g/mol. The lowest BCUT2D eigenvalue weighted by Gasteiger charge is -2.08. The Morgan fingerprint density at radius 3 is 2.38 bits per heavy atom. The number of carbonyl (C=O) groups is 1. The van der Waals surface area contributed by atoms with Crippen LogP contribution in [0.4, 0.5) is 4.39 Å². The van der Waals surface area contributed by atoms with Gasteiger partial charge >= 0.3 is 5.97 Å². The number of carboxylic acid groups (broad SMARTS) is 1. The Labute approximate surface area is 123 Å². The number of aliphatic hydroxyl groups is 1. The third-order valence-corrected chi connectivity index (χ3v) is 4.92. The van der Waals surface area contributed by atoms with E-state index in [2.05, 4.69) is 0 Å². The molecular formula is C14H19FO5S. The first-order valence-corrected chi connectivity index (χ1v) is 8.32. The second kappa shape index (κ2) is 7.51. The topological polar surface area (TPSA) is 91.7 Å². The van der Waals surface area contributed by atoms with E-state index in [1.54, 1.807) is 0 Å². The summed E-state index contributed by atoms with van der Waals surface area (Å²) in [5.41, 5.74) is -0.636. The molecule has 0 aliphatic rings. The largest absolute Gasteiger partial charge is 0.478 e. The molecule has 1 aromatic carbocycles. The van der Waals surface area contributed by atoms with Gasteiger partial charge in [-0.3, -0.25) is 0 Å². The molecule has 7 heteroatoms. The van der Waals surface area contributed by atoms with Crippen LogP contribution >= 0.6 is 0 Å². The Morgan fingerprint density at radius 1 is 1.19 bits per heavy atom. The third-order valence-electron chi connectivity index (χ3n) is 3.14. The van der Waals surface area contributed by atoms with Crippen LogP contribution in [0.1, 0.15) is 41.6 Å². The molecule has 1 rings (SSSR count). The molecule has 0 radical (unpaired) electrons. The summed E-state index contributed by atoms with van der Waals surface area (Å²) in [6.45, 7) is 1.41. The zero-order chi connectivity index (χ0) is 16.0. The fourth-order valence-electron chi connectivity index (χ4n) is 1.95. The normalized spacial score (nSPS) is 11.6. The first kappa shape index (κ1) is 17.6. The van der Waals surface area contributed by atoms with Crippen molar-refractivity contribution in [1.82, 2.24) is 0 Å². The maximum absolute atomic E-state index is 13.6. The number of hydrogen-bond acceptors (Lipinski definition) is 4. The van der Waals surface area contributed by atoms with Gasteiger partial charge in [0.05, 0.1) is 16.2 Å². The van der Waals surface area contributed by atoms with Gasteiger partial charge < -0.3 is 10.2 Å². The van der Waals surface area contributed by atoms with Crippen molar-refractivity contribution in [3.63, 3.8) is 0 Å². The van der Waals surface area contributed by atoms with Crippen molar-refractivity contribution >= 4 is 15.8 Å². The van der Waals surface area contributed by atoms with Crippen molar-refractivity contribution in [2.45, 2.75) is 37.5 Å². The summed E-state index contributed by atoms with van der Waals surface area (Å²) < 4.78 is 37.9. The molecule has 21 heavy (non-hydrogen) atoms. The van der Waals surface area contributed by atoms with E-state index in [4.69, 9.17) is 10.2 Å². The Morgan fingerprint density at radius 2 is 1.81 bits per heavy atom. The summed E-state index contributed by atoms with van der Waals surface area (Å²) >= 11 is 0. The fourth-order valence-corrected chi connectivity index (χ4v) is 3.42. The number of aryl methyl sites for hydroxylation is 1. The van der Waals surface area contributed by atoms with Crippen LogP contribution in [0.3, 0.4) is 0 Å². The van der Waals surface area contributed by atoms with E-state index in [0.717, 1.165) is 18.6 Å². The lowest BCUT2D eigenvalue weighted by Crippen LogP contribution is -2.11. The minimum atomic E-state index is -3.64. The average molecular weight is 318 g/mol. The quantitative estimate of drug-likeness (QED) is 0.566. The lowest BCUT2D eigenvalue weighted by molar-refractivity contribution is 0.0691. The number of unbranched alkanes of at least 4 members (excludes halogenated alkanes) is 3. The molecule has 0 saturated carbocycles. The van der Waals surface area contributed by atoms with Crippen molar-refractivity contribution in [3.8, 4) is 0 Å². The number of benzene rings is 1. The van der Waals surface area contributed by atoms with Crippen LogP contribution in [0.2, 0.25) is 0 Å². The van der Waals surface area contributed by atoms with Crippen molar-refractivity contribution < 1.29 is 27.8 Å². The summed E-state index contributed by atoms with van der Waals surface area (Å²) in [7, 11) is -3.64. The number of aromatic carboxylic acids is 1. The van der Waals surface area contributed by atoms with Crippen molar-refractivity contribution in [3.05, 3.63) is 29.1 Å². The van der Waals surface area contributed by atoms with E-state index in [0.29, 0.717) is 19.3 Å². The molecule has 0 aromatic heterocycles. The zero-order valence-corrected chi connectivity index (χ0v) is 12.6. The molecular weight excluding hydrogens is 299 g/mol. The highest BCUT2D eigenvalue weighted by molar-refractivity contribution is 7.91. The summed E-state index contributed by atoms with van der Waals surface area (Å²) in [5.74, 6) is -2.53. The lowest BCUT2D eigenvalue weighted by atomic mass is 10.1. The number of rotatable bonds is 8. The van der Waals surface area contributed by atoms with Crippen LogP contribution in [0.5, 0.6) is 0 Å². The molecule has 0 fully saturated rings. The van der Waals surface area contributed by atoms with Crippen LogP contribution < -0.4 is 0 Å². The molecule has 0 amide bonds. The second-order valence-corrected chi connectivity index (χ2v) is 6.97. The average Bonchev–Trinajstić information content (AvgIpc) is 2.40. The van der Waals surface area contributed by atoms with Gasteiger partial charge in [-0.25, -0.2) is 17.6 Å². The van der Waals surface area contributed by atoms with E-state index >= 15 is 0 Å². The minimum Gasteiger partial charge on any atom is -0.478 e. The van der Waals surface area contributed by atoms with Crippen LogP contribution in [-0.4, -0.2) is 37.0 Å². The number of halogens is 1. The third kappa shape index (κ3) is 4.78. The van der Waals surface area contributed by atoms with Crippen LogP contribution in [0.15, 0.2) is 17.0 Å². The van der Waals surface area contributed by atoms with E-state index in [1.165, 1.54) is 6.92 Å². The fraction of sp³-hybridized carbons (Fsp3) is 0.500. The molecule has 0 atom stereocenters. The number of aliphatic hydroxyl groups excluding tert-OH is 1. The summed E-state index contributed by atoms with van der Waals surface area (Å²) in [6, 6.07) is 2.03. The number of sulfone groups is 1. The van der Waals surface area contributed by atoms with Gasteiger partial charge in [0.25, 0.3) is 0 Å². The predicted octanol–water partition coefficient (Wildman–Crippen LogP) is 2.16. The van der Waals surface area contributed by atoms with E-state index < -0.39 is 27.2 Å². The highest BCUT2D eigenvalue weighted by atomic mass is 32.2. The Hall–Kier alpha value is -1.47. The molecule has 0 aliphatic carbocycles. The van der Waals surface area contributed by atoms with Crippen LogP contribution in [0.25, 0.3) is 0 Å². The molecule has 2 N–H and O–H groups in total. The van der Waals surface area contributed by atoms with Crippen molar-refractivity contribution in [2.75, 3.05) is 12.4 Å². The Balaban J connectivity index is 2.91. The summed E-state index contributed by atoms with van der Waals surface area (Å²) in [5, 5.41) is 17.5. The van der Waals surface area contributed by atoms with E-state index in [1.807, 2.05) is 0 Å². The maximum atomic E-state index is 13.6. The maximum Gasteiger partial charge on any atom is 0.338 e. The number of hydrogen-bond donors (Lipinski definition) is 2. The molecule has 0 spiro atoms. The van der Waals surface area contributed by atoms with E-state index in [9.17, 15) is 17.6 Å². The SMILES string of the molecule is Cc1cc(S(=O)(=O)CCCCCCO)cc(C(=O)O)c1F. The standard InChI is InChI=1S/C14H19FO5S/c1-10-8-11(9-12(13(10)15)14(17)18)21(19,20)7-5-3-2-4-6-16/h8-9,16H,2-7H2,1H3,(H,17,18). The first-order chi connectivity index (χ1) is 9.79. The predicted molar refractivity (Wildman–Crippen MR) is 75.7 cm³/mol. The Kier molecular flexibility index (Phi) is 6.29. The van der Waals surface area contributed by atoms with Gasteiger partial charge in [0.2, 0.25) is 0 Å². The minimum absolute atomic E-state index is 0.00578. The molecule has 0 bridgehead atoms. The van der Waals surface area contributed by atoms with Crippen molar-refractivity contribution in [1.29, 1.82) is 0 Å². The zero-order valence-electron chi connectivity index (χ0n) is 11.8. The van der Waals surface area contributed by atoms with E-state index in [-0.39, 0.29) is 22.8 Å². The van der Waals surface area contributed by atoms with Crippen LogP contribution in [0, 0.1) is 12.7 Å². The van der Waals surface area contributed by atoms with Gasteiger partial charge in [0.1, 0.15) is 5.82 Å². The van der Waals surface area contributed by atoms with Gasteiger partial charge in [-0.05, 0) is 37.5 Å². The van der Waals surface area contributed by atoms with Gasteiger partial charge in [0.15, 0.2) is 9.84 Å². The molecule has 0 saturated heterocycles. The van der Waals surface area contributed by atoms with Gasteiger partial charge in [0, 0.05) is 6.61 Å². The smallest absolute Gasteiger partial charge is 0.338 e. The first-order valence-electron chi connectivity index (χ1n) is 6.66. The highest BCUT2D eigenvalue weighted by Gasteiger charge is 2.21. The molecule has 0 aliphatic heterocycles. The van der Waals surface area contributed by atoms with Gasteiger partial charge in [-0.2, -0.15) is 0 Å². The molecule has 0 unspecified atom stereocenters. The van der Waals surface area contributed by atoms with Gasteiger partial charge in [-0.15, -0.1) is 0 Å². The summed E-state index contributed by atoms with van der Waals surface area (Å²) in [4.78, 5) is 10.8. The molecule has 1 aromatic rings. The molecule has 5 nitrogen and oxygen atoms in total. The second-order valence-electron chi connectivity index (χ2n) is 4.86. The molecule has 118 valence electrons. The summed E-state index contributed by atoms with van der Waals surface area (Å²) in [6.07, 6.45) is 2.43. The van der Waals surface area contributed by atoms with Crippen LogP contribution in [-0.2, 0) is 9.84 Å².